The fraction of sp³-hybridized carbons (Fsp3) is 0.316. The number of rotatable bonds is 3. The lowest BCUT2D eigenvalue weighted by atomic mass is 10.0. The summed E-state index contributed by atoms with van der Waals surface area (Å²) in [5, 5.41) is 0. The Balaban J connectivity index is 1.55. The van der Waals surface area contributed by atoms with Crippen molar-refractivity contribution in [3.05, 3.63) is 53.6 Å². The Hall–Kier alpha value is -2.49. The van der Waals surface area contributed by atoms with Crippen molar-refractivity contribution >= 4 is 11.5 Å². The Morgan fingerprint density at radius 1 is 1.04 bits per heavy atom. The van der Waals surface area contributed by atoms with Gasteiger partial charge in [0.2, 0.25) is 0 Å². The fourth-order valence-corrected chi connectivity index (χ4v) is 3.26. The van der Waals surface area contributed by atoms with E-state index in [0.29, 0.717) is 31.1 Å². The zero-order valence-corrected chi connectivity index (χ0v) is 13.0. The van der Waals surface area contributed by atoms with Gasteiger partial charge in [0.1, 0.15) is 13.2 Å². The number of benzene rings is 2. The molecular weight excluding hydrogens is 290 g/mol. The smallest absolute Gasteiger partial charge is 0.182 e. The molecule has 23 heavy (non-hydrogen) atoms. The first kappa shape index (κ1) is 14.1. The molecule has 118 valence electrons. The van der Waals surface area contributed by atoms with Gasteiger partial charge in [0.25, 0.3) is 0 Å². The van der Waals surface area contributed by atoms with Gasteiger partial charge in [0.05, 0.1) is 6.54 Å². The molecule has 0 spiro atoms. The summed E-state index contributed by atoms with van der Waals surface area (Å²) in [7, 11) is 0. The minimum absolute atomic E-state index is 0.110. The number of nitrogens with zero attached hydrogens (tertiary/aromatic N) is 1. The Morgan fingerprint density at radius 2 is 1.87 bits per heavy atom. The third-order valence-corrected chi connectivity index (χ3v) is 4.41. The van der Waals surface area contributed by atoms with Crippen LogP contribution in [0.1, 0.15) is 22.3 Å². The molecule has 2 aliphatic rings. The van der Waals surface area contributed by atoms with E-state index in [-0.39, 0.29) is 5.78 Å². The maximum Gasteiger partial charge on any atom is 0.182 e. The van der Waals surface area contributed by atoms with Crippen LogP contribution in [0.2, 0.25) is 0 Å². The number of para-hydroxylation sites is 1. The second-order valence-corrected chi connectivity index (χ2v) is 5.94. The summed E-state index contributed by atoms with van der Waals surface area (Å²) in [5.41, 5.74) is 3.19. The van der Waals surface area contributed by atoms with Crippen LogP contribution in [0, 0.1) is 0 Å². The summed E-state index contributed by atoms with van der Waals surface area (Å²) in [4.78, 5) is 14.8. The van der Waals surface area contributed by atoms with Crippen LogP contribution in [0.4, 0.5) is 5.69 Å². The van der Waals surface area contributed by atoms with Crippen LogP contribution < -0.4 is 14.4 Å². The number of carbonyl (C=O) groups excluding carboxylic acids is 1. The third kappa shape index (κ3) is 2.77. The molecule has 0 fully saturated rings. The molecule has 2 heterocycles. The Labute approximate surface area is 135 Å². The van der Waals surface area contributed by atoms with Gasteiger partial charge in [-0.05, 0) is 42.7 Å². The third-order valence-electron chi connectivity index (χ3n) is 4.41. The van der Waals surface area contributed by atoms with Gasteiger partial charge in [-0.15, -0.1) is 0 Å². The lowest BCUT2D eigenvalue weighted by Gasteiger charge is -2.30. The number of carbonyl (C=O) groups is 1. The number of ether oxygens (including phenoxy) is 2. The first-order valence-corrected chi connectivity index (χ1v) is 8.07. The number of aryl methyl sites for hydroxylation is 1. The average Bonchev–Trinajstić information content (AvgIpc) is 2.61. The van der Waals surface area contributed by atoms with E-state index in [0.717, 1.165) is 25.1 Å². The maximum atomic E-state index is 12.7. The first-order valence-electron chi connectivity index (χ1n) is 8.07. The molecule has 0 amide bonds. The molecule has 4 nitrogen and oxygen atoms in total. The molecule has 4 rings (SSSR count). The molecule has 4 heteroatoms. The lowest BCUT2D eigenvalue weighted by Crippen LogP contribution is -2.34. The zero-order valence-electron chi connectivity index (χ0n) is 13.0. The maximum absolute atomic E-state index is 12.7. The molecule has 0 aromatic heterocycles. The van der Waals surface area contributed by atoms with Crippen molar-refractivity contribution in [2.75, 3.05) is 31.2 Å². The Kier molecular flexibility index (Phi) is 3.66. The molecule has 0 atom stereocenters. The fourth-order valence-electron chi connectivity index (χ4n) is 3.26. The number of ketones is 1. The van der Waals surface area contributed by atoms with Crippen molar-refractivity contribution in [2.24, 2.45) is 0 Å². The van der Waals surface area contributed by atoms with E-state index in [1.807, 2.05) is 18.2 Å². The van der Waals surface area contributed by atoms with Gasteiger partial charge in [0.15, 0.2) is 17.3 Å². The Bertz CT molecular complexity index is 741. The molecular formula is C19H19NO3. The van der Waals surface area contributed by atoms with Crippen LogP contribution >= 0.6 is 0 Å². The highest BCUT2D eigenvalue weighted by Gasteiger charge is 2.21. The molecule has 0 saturated carbocycles. The lowest BCUT2D eigenvalue weighted by molar-refractivity contribution is 0.0997. The molecule has 0 N–H and O–H groups in total. The number of fused-ring (bicyclic) bond motifs is 2. The van der Waals surface area contributed by atoms with Crippen LogP contribution in [-0.2, 0) is 6.42 Å². The molecule has 0 bridgehead atoms. The van der Waals surface area contributed by atoms with Crippen LogP contribution in [0.5, 0.6) is 11.5 Å². The summed E-state index contributed by atoms with van der Waals surface area (Å²) in [6.45, 7) is 2.42. The predicted octanol–water partition coefficient (Wildman–Crippen LogP) is 3.09. The van der Waals surface area contributed by atoms with E-state index in [2.05, 4.69) is 23.1 Å². The number of hydrogen-bond acceptors (Lipinski definition) is 4. The second kappa shape index (κ2) is 5.95. The largest absolute Gasteiger partial charge is 0.486 e. The topological polar surface area (TPSA) is 38.8 Å². The SMILES string of the molecule is O=C(CN1CCCc2ccccc21)c1ccc2c(c1)OCCO2. The van der Waals surface area contributed by atoms with Gasteiger partial charge in [-0.1, -0.05) is 18.2 Å². The summed E-state index contributed by atoms with van der Waals surface area (Å²) in [6, 6.07) is 13.8. The number of anilines is 1. The van der Waals surface area contributed by atoms with Gasteiger partial charge >= 0.3 is 0 Å². The first-order chi connectivity index (χ1) is 11.3. The minimum Gasteiger partial charge on any atom is -0.486 e. The zero-order chi connectivity index (χ0) is 15.6. The van der Waals surface area contributed by atoms with Crippen LogP contribution in [0.15, 0.2) is 42.5 Å². The van der Waals surface area contributed by atoms with Gasteiger partial charge in [-0.25, -0.2) is 0 Å². The minimum atomic E-state index is 0.110. The molecule has 2 aromatic rings. The van der Waals surface area contributed by atoms with Crippen LogP contribution in [0.25, 0.3) is 0 Å². The van der Waals surface area contributed by atoms with Crippen molar-refractivity contribution in [3.8, 4) is 11.5 Å². The number of Topliss-reactive ketones (excluding diaryl/α,β-unsaturated/α-hetero) is 1. The number of hydrogen-bond donors (Lipinski definition) is 0. The standard InChI is InChI=1S/C19H19NO3/c21-17(15-7-8-18-19(12-15)23-11-10-22-18)13-20-9-3-5-14-4-1-2-6-16(14)20/h1-2,4,6-8,12H,3,5,9-11,13H2. The highest BCUT2D eigenvalue weighted by atomic mass is 16.6. The summed E-state index contributed by atoms with van der Waals surface area (Å²) < 4.78 is 11.1. The molecule has 2 aromatic carbocycles. The van der Waals surface area contributed by atoms with Gasteiger partial charge in [0, 0.05) is 17.8 Å². The Morgan fingerprint density at radius 3 is 2.78 bits per heavy atom. The van der Waals surface area contributed by atoms with E-state index in [9.17, 15) is 4.79 Å². The summed E-state index contributed by atoms with van der Waals surface area (Å²) in [5.74, 6) is 1.50. The average molecular weight is 309 g/mol. The highest BCUT2D eigenvalue weighted by Crippen LogP contribution is 2.31. The molecule has 0 unspecified atom stereocenters. The van der Waals surface area contributed by atoms with E-state index < -0.39 is 0 Å². The monoisotopic (exact) mass is 309 g/mol. The van der Waals surface area contributed by atoms with Gasteiger partial charge in [-0.3, -0.25) is 4.79 Å². The molecule has 2 aliphatic heterocycles. The quantitative estimate of drug-likeness (QED) is 0.817. The summed E-state index contributed by atoms with van der Waals surface area (Å²) in [6.07, 6.45) is 2.18. The van der Waals surface area contributed by atoms with Crippen molar-refractivity contribution in [3.63, 3.8) is 0 Å². The van der Waals surface area contributed by atoms with Gasteiger partial charge in [-0.2, -0.15) is 0 Å². The van der Waals surface area contributed by atoms with E-state index in [1.165, 1.54) is 11.3 Å². The van der Waals surface area contributed by atoms with Crippen LogP contribution in [0.3, 0.4) is 0 Å². The van der Waals surface area contributed by atoms with Crippen molar-refractivity contribution in [1.29, 1.82) is 0 Å². The van der Waals surface area contributed by atoms with E-state index >= 15 is 0 Å². The highest BCUT2D eigenvalue weighted by molar-refractivity contribution is 6.00. The normalized spacial score (nSPS) is 15.9. The molecule has 0 aliphatic carbocycles. The predicted molar refractivity (Wildman–Crippen MR) is 88.7 cm³/mol. The van der Waals surface area contributed by atoms with E-state index in [4.69, 9.17) is 9.47 Å². The van der Waals surface area contributed by atoms with Crippen molar-refractivity contribution in [2.45, 2.75) is 12.8 Å². The summed E-state index contributed by atoms with van der Waals surface area (Å²) >= 11 is 0. The van der Waals surface area contributed by atoms with Crippen molar-refractivity contribution < 1.29 is 14.3 Å². The molecule has 0 radical (unpaired) electrons. The van der Waals surface area contributed by atoms with Crippen molar-refractivity contribution in [1.82, 2.24) is 0 Å². The van der Waals surface area contributed by atoms with E-state index in [1.54, 1.807) is 6.07 Å². The van der Waals surface area contributed by atoms with Gasteiger partial charge < -0.3 is 14.4 Å². The molecule has 0 saturated heterocycles. The second-order valence-electron chi connectivity index (χ2n) is 5.94. The van der Waals surface area contributed by atoms with Crippen LogP contribution in [-0.4, -0.2) is 32.1 Å².